The summed E-state index contributed by atoms with van der Waals surface area (Å²) in [6.45, 7) is 5.03. The molecule has 0 aliphatic heterocycles. The molecule has 7 heteroatoms. The second-order valence-electron chi connectivity index (χ2n) is 4.14. The Hall–Kier alpha value is -1.37. The monoisotopic (exact) mass is 274 g/mol. The Balaban J connectivity index is 2.74. The normalized spacial score (nSPS) is 11.5. The van der Waals surface area contributed by atoms with Gasteiger partial charge in [-0.2, -0.15) is 0 Å². The van der Waals surface area contributed by atoms with Gasteiger partial charge in [-0.3, -0.25) is 4.79 Å². The van der Waals surface area contributed by atoms with Crippen molar-refractivity contribution >= 4 is 15.9 Å². The van der Waals surface area contributed by atoms with Gasteiger partial charge in [-0.05, 0) is 20.3 Å². The highest BCUT2D eigenvalue weighted by Crippen LogP contribution is 2.18. The van der Waals surface area contributed by atoms with Crippen LogP contribution in [0.15, 0.2) is 9.42 Å². The molecule has 0 aromatic carbocycles. The third kappa shape index (κ3) is 3.56. The van der Waals surface area contributed by atoms with Crippen molar-refractivity contribution in [1.29, 1.82) is 0 Å². The zero-order chi connectivity index (χ0) is 13.8. The summed E-state index contributed by atoms with van der Waals surface area (Å²) in [6.07, 6.45) is 2.76. The van der Waals surface area contributed by atoms with Crippen LogP contribution in [0.3, 0.4) is 0 Å². The third-order valence-corrected chi connectivity index (χ3v) is 4.11. The average Bonchev–Trinajstić information content (AvgIpc) is 2.58. The number of carbonyl (C=O) groups excluding carboxylic acids is 1. The molecular formula is C11H18N2O4S. The van der Waals surface area contributed by atoms with Gasteiger partial charge in [0.05, 0.1) is 0 Å². The summed E-state index contributed by atoms with van der Waals surface area (Å²) in [5, 5.41) is 3.56. The first-order valence-corrected chi connectivity index (χ1v) is 7.35. The van der Waals surface area contributed by atoms with Crippen LogP contribution in [-0.4, -0.2) is 19.5 Å². The molecule has 0 unspecified atom stereocenters. The second-order valence-corrected chi connectivity index (χ2v) is 5.76. The number of hydrogen-bond donors (Lipinski definition) is 1. The molecule has 0 saturated heterocycles. The van der Waals surface area contributed by atoms with Crippen molar-refractivity contribution in [2.45, 2.75) is 51.3 Å². The van der Waals surface area contributed by atoms with Gasteiger partial charge in [0, 0.05) is 6.42 Å². The standard InChI is InChI=1S/C11H18N2O4S/c1-4-5-6-7-10(14)13-18(15,16)11-8(2)12-17-9(11)3/h4-7H2,1-3H3,(H,13,14). The van der Waals surface area contributed by atoms with E-state index in [9.17, 15) is 13.2 Å². The molecule has 0 saturated carbocycles. The van der Waals surface area contributed by atoms with Gasteiger partial charge in [-0.15, -0.1) is 0 Å². The largest absolute Gasteiger partial charge is 0.360 e. The van der Waals surface area contributed by atoms with E-state index in [-0.39, 0.29) is 22.8 Å². The Kier molecular flexibility index (Phi) is 4.89. The number of sulfonamides is 1. The maximum absolute atomic E-state index is 11.9. The van der Waals surface area contributed by atoms with E-state index in [0.717, 1.165) is 12.8 Å². The van der Waals surface area contributed by atoms with Gasteiger partial charge in [0.2, 0.25) is 5.91 Å². The van der Waals surface area contributed by atoms with Gasteiger partial charge in [0.1, 0.15) is 5.69 Å². The first kappa shape index (κ1) is 14.7. The van der Waals surface area contributed by atoms with Crippen LogP contribution in [0.2, 0.25) is 0 Å². The summed E-state index contributed by atoms with van der Waals surface area (Å²) >= 11 is 0. The molecule has 1 N–H and O–H groups in total. The summed E-state index contributed by atoms with van der Waals surface area (Å²) in [6, 6.07) is 0. The first-order chi connectivity index (χ1) is 8.38. The number of carbonyl (C=O) groups is 1. The van der Waals surface area contributed by atoms with Gasteiger partial charge >= 0.3 is 0 Å². The third-order valence-electron chi connectivity index (χ3n) is 2.49. The van der Waals surface area contributed by atoms with Crippen LogP contribution in [0.5, 0.6) is 0 Å². The number of hydrogen-bond acceptors (Lipinski definition) is 5. The van der Waals surface area contributed by atoms with E-state index < -0.39 is 15.9 Å². The van der Waals surface area contributed by atoms with E-state index in [2.05, 4.69) is 5.16 Å². The van der Waals surface area contributed by atoms with E-state index in [4.69, 9.17) is 4.52 Å². The molecule has 1 aromatic rings. The van der Waals surface area contributed by atoms with Crippen LogP contribution in [0, 0.1) is 13.8 Å². The van der Waals surface area contributed by atoms with E-state index in [0.29, 0.717) is 6.42 Å². The summed E-state index contributed by atoms with van der Waals surface area (Å²) < 4.78 is 30.7. The predicted molar refractivity (Wildman–Crippen MR) is 65.4 cm³/mol. The van der Waals surface area contributed by atoms with Gasteiger partial charge in [-0.25, -0.2) is 13.1 Å². The summed E-state index contributed by atoms with van der Waals surface area (Å²) in [5.74, 6) is -0.315. The van der Waals surface area contributed by atoms with Crippen LogP contribution < -0.4 is 4.72 Å². The van der Waals surface area contributed by atoms with Crippen molar-refractivity contribution in [3.8, 4) is 0 Å². The van der Waals surface area contributed by atoms with Crippen molar-refractivity contribution in [3.63, 3.8) is 0 Å². The Labute approximate surface area is 107 Å². The Morgan fingerprint density at radius 2 is 2.00 bits per heavy atom. The number of rotatable bonds is 6. The minimum absolute atomic E-state index is 0.0497. The van der Waals surface area contributed by atoms with Crippen LogP contribution in [0.1, 0.15) is 44.1 Å². The van der Waals surface area contributed by atoms with Gasteiger partial charge < -0.3 is 4.52 Å². The fraction of sp³-hybridized carbons (Fsp3) is 0.636. The number of nitrogens with zero attached hydrogens (tertiary/aromatic N) is 1. The second kappa shape index (κ2) is 5.99. The average molecular weight is 274 g/mol. The van der Waals surface area contributed by atoms with E-state index in [1.165, 1.54) is 13.8 Å². The smallest absolute Gasteiger partial charge is 0.269 e. The molecule has 0 aliphatic carbocycles. The molecule has 0 atom stereocenters. The molecule has 1 aromatic heterocycles. The number of aryl methyl sites for hydroxylation is 2. The number of aromatic nitrogens is 1. The highest BCUT2D eigenvalue weighted by Gasteiger charge is 2.25. The minimum atomic E-state index is -3.87. The van der Waals surface area contributed by atoms with Crippen molar-refractivity contribution in [3.05, 3.63) is 11.5 Å². The summed E-state index contributed by atoms with van der Waals surface area (Å²) in [4.78, 5) is 11.5. The molecule has 102 valence electrons. The molecule has 0 fully saturated rings. The topological polar surface area (TPSA) is 89.3 Å². The highest BCUT2D eigenvalue weighted by molar-refractivity contribution is 7.90. The fourth-order valence-corrected chi connectivity index (χ4v) is 2.99. The quantitative estimate of drug-likeness (QED) is 0.797. The molecule has 18 heavy (non-hydrogen) atoms. The van der Waals surface area contributed by atoms with Crippen molar-refractivity contribution in [2.24, 2.45) is 0 Å². The lowest BCUT2D eigenvalue weighted by atomic mass is 10.2. The molecule has 0 aliphatic rings. The van der Waals surface area contributed by atoms with Crippen LogP contribution in [0.4, 0.5) is 0 Å². The zero-order valence-corrected chi connectivity index (χ0v) is 11.6. The van der Waals surface area contributed by atoms with Crippen LogP contribution >= 0.6 is 0 Å². The molecule has 1 heterocycles. The van der Waals surface area contributed by atoms with Gasteiger partial charge in [0.25, 0.3) is 10.0 Å². The maximum atomic E-state index is 11.9. The molecular weight excluding hydrogens is 256 g/mol. The van der Waals surface area contributed by atoms with Gasteiger partial charge in [0.15, 0.2) is 10.7 Å². The molecule has 1 amide bonds. The lowest BCUT2D eigenvalue weighted by molar-refractivity contribution is -0.119. The molecule has 1 rings (SSSR count). The van der Waals surface area contributed by atoms with Crippen LogP contribution in [0.25, 0.3) is 0 Å². The SMILES string of the molecule is CCCCCC(=O)NS(=O)(=O)c1c(C)noc1C. The highest BCUT2D eigenvalue weighted by atomic mass is 32.2. The predicted octanol–water partition coefficient (Wildman–Crippen LogP) is 1.68. The van der Waals surface area contributed by atoms with Crippen LogP contribution in [-0.2, 0) is 14.8 Å². The van der Waals surface area contributed by atoms with E-state index in [1.807, 2.05) is 11.6 Å². The molecule has 0 spiro atoms. The molecule has 6 nitrogen and oxygen atoms in total. The maximum Gasteiger partial charge on any atom is 0.269 e. The number of unbranched alkanes of at least 4 members (excludes halogenated alkanes) is 2. The van der Waals surface area contributed by atoms with E-state index in [1.54, 1.807) is 0 Å². The number of amides is 1. The Morgan fingerprint density at radius 3 is 2.50 bits per heavy atom. The molecule has 0 radical (unpaired) electrons. The number of nitrogens with one attached hydrogen (secondary N) is 1. The van der Waals surface area contributed by atoms with Crippen molar-refractivity contribution in [1.82, 2.24) is 9.88 Å². The van der Waals surface area contributed by atoms with Gasteiger partial charge in [-0.1, -0.05) is 24.9 Å². The minimum Gasteiger partial charge on any atom is -0.360 e. The lowest BCUT2D eigenvalue weighted by Gasteiger charge is -2.05. The first-order valence-electron chi connectivity index (χ1n) is 5.87. The fourth-order valence-electron chi connectivity index (χ4n) is 1.65. The van der Waals surface area contributed by atoms with Crippen molar-refractivity contribution in [2.75, 3.05) is 0 Å². The zero-order valence-electron chi connectivity index (χ0n) is 10.8. The lowest BCUT2D eigenvalue weighted by Crippen LogP contribution is -2.30. The Bertz CT molecular complexity index is 500. The summed E-state index contributed by atoms with van der Waals surface area (Å²) in [7, 11) is -3.87. The summed E-state index contributed by atoms with van der Waals surface area (Å²) in [5.41, 5.74) is 0.251. The Morgan fingerprint density at radius 1 is 1.33 bits per heavy atom. The molecule has 0 bridgehead atoms. The van der Waals surface area contributed by atoms with Crippen molar-refractivity contribution < 1.29 is 17.7 Å². The van der Waals surface area contributed by atoms with E-state index >= 15 is 0 Å².